The van der Waals surface area contributed by atoms with Crippen LogP contribution >= 0.6 is 11.6 Å². The van der Waals surface area contributed by atoms with Crippen molar-refractivity contribution >= 4 is 27.6 Å². The van der Waals surface area contributed by atoms with Crippen LogP contribution in [0.1, 0.15) is 12.8 Å². The van der Waals surface area contributed by atoms with E-state index in [9.17, 15) is 9.59 Å². The summed E-state index contributed by atoms with van der Waals surface area (Å²) in [4.78, 5) is 27.5. The van der Waals surface area contributed by atoms with Gasteiger partial charge < -0.3 is 0 Å². The summed E-state index contributed by atoms with van der Waals surface area (Å²) < 4.78 is 1.39. The number of nitrogens with zero attached hydrogens (tertiary/aromatic N) is 3. The van der Waals surface area contributed by atoms with Crippen LogP contribution in [0.5, 0.6) is 0 Å². The average molecular weight is 328 g/mol. The van der Waals surface area contributed by atoms with Crippen molar-refractivity contribution in [3.05, 3.63) is 59.1 Å². The molecule has 0 saturated carbocycles. The Kier molecular flexibility index (Phi) is 4.48. The third kappa shape index (κ3) is 3.29. The number of carbonyl (C=O) groups excluding carboxylic acids is 1. The summed E-state index contributed by atoms with van der Waals surface area (Å²) in [5.74, 6) is 0. The molecule has 3 aromatic rings. The lowest BCUT2D eigenvalue weighted by molar-refractivity contribution is -0.111. The molecule has 0 saturated heterocycles. The number of fused-ring (bicyclic) bond motifs is 1. The molecule has 0 radical (unpaired) electrons. The monoisotopic (exact) mass is 327 g/mol. The molecule has 0 aliphatic rings. The topological polar surface area (TPSA) is 64.8 Å². The number of aryl methyl sites for hydroxylation is 1. The third-order valence-corrected chi connectivity index (χ3v) is 3.73. The van der Waals surface area contributed by atoms with E-state index in [1.807, 2.05) is 30.3 Å². The van der Waals surface area contributed by atoms with Gasteiger partial charge in [0.1, 0.15) is 5.69 Å². The first-order chi connectivity index (χ1) is 11.2. The zero-order valence-electron chi connectivity index (χ0n) is 12.3. The summed E-state index contributed by atoms with van der Waals surface area (Å²) in [6.07, 6.45) is 4.09. The zero-order chi connectivity index (χ0) is 16.2. The summed E-state index contributed by atoms with van der Waals surface area (Å²) in [6.45, 7) is 0.343. The highest BCUT2D eigenvalue weighted by molar-refractivity contribution is 6.63. The predicted molar refractivity (Wildman–Crippen MR) is 89.3 cm³/mol. The van der Waals surface area contributed by atoms with Crippen LogP contribution in [0.4, 0.5) is 0 Å². The first-order valence-electron chi connectivity index (χ1n) is 7.25. The molecule has 0 unspecified atom stereocenters. The summed E-state index contributed by atoms with van der Waals surface area (Å²) in [5, 5.41) is 5.45. The largest absolute Gasteiger partial charge is 0.281 e. The first-order valence-corrected chi connectivity index (χ1v) is 7.63. The van der Waals surface area contributed by atoms with E-state index in [2.05, 4.69) is 10.1 Å². The van der Waals surface area contributed by atoms with Crippen molar-refractivity contribution in [3.63, 3.8) is 0 Å². The Morgan fingerprint density at radius 1 is 1.13 bits per heavy atom. The molecule has 116 valence electrons. The number of aromatic nitrogens is 3. The fourth-order valence-corrected chi connectivity index (χ4v) is 2.60. The lowest BCUT2D eigenvalue weighted by atomic mass is 10.1. The van der Waals surface area contributed by atoms with E-state index in [1.165, 1.54) is 4.68 Å². The van der Waals surface area contributed by atoms with Gasteiger partial charge in [-0.25, -0.2) is 4.68 Å². The van der Waals surface area contributed by atoms with Crippen LogP contribution in [-0.4, -0.2) is 20.0 Å². The van der Waals surface area contributed by atoms with Crippen molar-refractivity contribution in [1.82, 2.24) is 14.8 Å². The van der Waals surface area contributed by atoms with Crippen LogP contribution in [0.25, 0.3) is 22.0 Å². The minimum atomic E-state index is -0.411. The van der Waals surface area contributed by atoms with Crippen LogP contribution in [0, 0.1) is 0 Å². The summed E-state index contributed by atoms with van der Waals surface area (Å²) >= 11 is 5.35. The fraction of sp³-hybridized carbons (Fsp3) is 0.176. The van der Waals surface area contributed by atoms with E-state index in [4.69, 9.17) is 11.6 Å². The summed E-state index contributed by atoms with van der Waals surface area (Å²) in [6, 6.07) is 11.1. The Hall–Kier alpha value is -2.53. The molecular weight excluding hydrogens is 314 g/mol. The molecule has 2 heterocycles. The maximum absolute atomic E-state index is 12.6. The lowest BCUT2D eigenvalue weighted by Gasteiger charge is -2.10. The maximum Gasteiger partial charge on any atom is 0.274 e. The second-order valence-corrected chi connectivity index (χ2v) is 5.54. The Balaban J connectivity index is 2.13. The number of pyridine rings is 1. The van der Waals surface area contributed by atoms with Gasteiger partial charge in [0.25, 0.3) is 5.56 Å². The quantitative estimate of drug-likeness (QED) is 0.676. The SMILES string of the molecule is O=C(Cl)CCCn1nc(-c2cccnc2)c2ccccc2c1=O. The second-order valence-electron chi connectivity index (χ2n) is 5.12. The van der Waals surface area contributed by atoms with Crippen molar-refractivity contribution in [2.45, 2.75) is 19.4 Å². The number of hydrogen-bond donors (Lipinski definition) is 0. The minimum Gasteiger partial charge on any atom is -0.281 e. The number of benzene rings is 1. The maximum atomic E-state index is 12.6. The van der Waals surface area contributed by atoms with Gasteiger partial charge in [0.2, 0.25) is 5.24 Å². The van der Waals surface area contributed by atoms with Gasteiger partial charge in [-0.15, -0.1) is 0 Å². The lowest BCUT2D eigenvalue weighted by Crippen LogP contribution is -2.24. The van der Waals surface area contributed by atoms with Gasteiger partial charge in [-0.2, -0.15) is 5.10 Å². The Bertz CT molecular complexity index is 907. The Labute approximate surface area is 137 Å². The van der Waals surface area contributed by atoms with Crippen molar-refractivity contribution < 1.29 is 4.79 Å². The van der Waals surface area contributed by atoms with E-state index in [0.717, 1.165) is 10.9 Å². The molecule has 5 nitrogen and oxygen atoms in total. The molecule has 0 amide bonds. The van der Waals surface area contributed by atoms with Crippen LogP contribution in [-0.2, 0) is 11.3 Å². The standard InChI is InChI=1S/C17H14ClN3O2/c18-15(22)8-4-10-21-17(23)14-7-2-1-6-13(14)16(20-21)12-5-3-9-19-11-12/h1-3,5-7,9,11H,4,8,10H2. The normalized spacial score (nSPS) is 10.8. The smallest absolute Gasteiger partial charge is 0.274 e. The Morgan fingerprint density at radius 2 is 1.91 bits per heavy atom. The first kappa shape index (κ1) is 15.4. The van der Waals surface area contributed by atoms with Crippen molar-refractivity contribution in [3.8, 4) is 11.3 Å². The summed E-state index contributed by atoms with van der Waals surface area (Å²) in [7, 11) is 0. The molecule has 0 bridgehead atoms. The fourth-order valence-electron chi connectivity index (χ4n) is 2.47. The second kappa shape index (κ2) is 6.71. The highest BCUT2D eigenvalue weighted by Gasteiger charge is 2.12. The van der Waals surface area contributed by atoms with Gasteiger partial charge in [0.15, 0.2) is 0 Å². The molecular formula is C17H14ClN3O2. The van der Waals surface area contributed by atoms with Crippen molar-refractivity contribution in [2.75, 3.05) is 0 Å². The third-order valence-electron chi connectivity index (χ3n) is 3.55. The number of hydrogen-bond acceptors (Lipinski definition) is 4. The van der Waals surface area contributed by atoms with Gasteiger partial charge >= 0.3 is 0 Å². The highest BCUT2D eigenvalue weighted by Crippen LogP contribution is 2.23. The predicted octanol–water partition coefficient (Wildman–Crippen LogP) is 3.00. The molecule has 6 heteroatoms. The van der Waals surface area contributed by atoms with Crippen LogP contribution in [0.2, 0.25) is 0 Å². The van der Waals surface area contributed by atoms with Crippen LogP contribution in [0.15, 0.2) is 53.6 Å². The molecule has 0 N–H and O–H groups in total. The van der Waals surface area contributed by atoms with E-state index in [-0.39, 0.29) is 12.0 Å². The van der Waals surface area contributed by atoms with Crippen molar-refractivity contribution in [2.24, 2.45) is 0 Å². The molecule has 0 aliphatic carbocycles. The van der Waals surface area contributed by atoms with Gasteiger partial charge in [0, 0.05) is 36.3 Å². The zero-order valence-corrected chi connectivity index (χ0v) is 13.0. The van der Waals surface area contributed by atoms with E-state index in [0.29, 0.717) is 24.0 Å². The molecule has 0 aliphatic heterocycles. The average Bonchev–Trinajstić information content (AvgIpc) is 2.57. The van der Waals surface area contributed by atoms with Gasteiger partial charge in [-0.1, -0.05) is 18.2 Å². The minimum absolute atomic E-state index is 0.171. The molecule has 0 fully saturated rings. The highest BCUT2D eigenvalue weighted by atomic mass is 35.5. The molecule has 1 aromatic carbocycles. The van der Waals surface area contributed by atoms with Gasteiger partial charge in [-0.05, 0) is 36.2 Å². The van der Waals surface area contributed by atoms with E-state index in [1.54, 1.807) is 18.5 Å². The molecule has 0 atom stereocenters. The Morgan fingerprint density at radius 3 is 2.61 bits per heavy atom. The number of rotatable bonds is 5. The molecule has 23 heavy (non-hydrogen) atoms. The molecule has 3 rings (SSSR count). The number of carbonyl (C=O) groups is 1. The van der Waals surface area contributed by atoms with Crippen molar-refractivity contribution in [1.29, 1.82) is 0 Å². The van der Waals surface area contributed by atoms with E-state index < -0.39 is 5.24 Å². The number of halogens is 1. The summed E-state index contributed by atoms with van der Waals surface area (Å²) in [5.41, 5.74) is 1.37. The molecule has 2 aromatic heterocycles. The van der Waals surface area contributed by atoms with Gasteiger partial charge in [0.05, 0.1) is 5.39 Å². The van der Waals surface area contributed by atoms with Crippen LogP contribution in [0.3, 0.4) is 0 Å². The van der Waals surface area contributed by atoms with Gasteiger partial charge in [-0.3, -0.25) is 14.6 Å². The van der Waals surface area contributed by atoms with Crippen LogP contribution < -0.4 is 5.56 Å². The van der Waals surface area contributed by atoms with E-state index >= 15 is 0 Å². The molecule has 0 spiro atoms.